The topological polar surface area (TPSA) is 31.9 Å². The van der Waals surface area contributed by atoms with Crippen LogP contribution in [0.3, 0.4) is 0 Å². The molecule has 1 N–H and O–H groups in total. The lowest BCUT2D eigenvalue weighted by atomic mass is 10.2. The molecule has 0 aliphatic heterocycles. The first-order valence-electron chi connectivity index (χ1n) is 6.42. The van der Waals surface area contributed by atoms with E-state index in [0.29, 0.717) is 5.04 Å². The molecule has 18 heavy (non-hydrogen) atoms. The number of nitrogens with one attached hydrogen (secondary N) is 1. The summed E-state index contributed by atoms with van der Waals surface area (Å²) < 4.78 is 2.37. The Morgan fingerprint density at radius 3 is 2.33 bits per heavy atom. The van der Waals surface area contributed by atoms with Gasteiger partial charge in [-0.3, -0.25) is 0 Å². The van der Waals surface area contributed by atoms with Crippen molar-refractivity contribution in [3.8, 4) is 0 Å². The highest BCUT2D eigenvalue weighted by atomic mass is 28.3. The van der Waals surface area contributed by atoms with Crippen LogP contribution >= 0.6 is 0 Å². The molecule has 0 aliphatic rings. The second kappa shape index (κ2) is 4.12. The maximum absolute atomic E-state index is 4.70. The van der Waals surface area contributed by atoms with Crippen molar-refractivity contribution < 1.29 is 0 Å². The highest BCUT2D eigenvalue weighted by molar-refractivity contribution is 6.83. The van der Waals surface area contributed by atoms with Gasteiger partial charge in [0, 0.05) is 7.05 Å². The van der Waals surface area contributed by atoms with Gasteiger partial charge in [0.05, 0.1) is 11.0 Å². The fourth-order valence-electron chi connectivity index (χ4n) is 1.87. The van der Waals surface area contributed by atoms with Crippen molar-refractivity contribution in [3.05, 3.63) is 24.3 Å². The first-order valence-corrected chi connectivity index (χ1v) is 9.37. The van der Waals surface area contributed by atoms with Gasteiger partial charge in [-0.2, -0.15) is 0 Å². The van der Waals surface area contributed by atoms with Gasteiger partial charge >= 0.3 is 0 Å². The van der Waals surface area contributed by atoms with Gasteiger partial charge in [0.2, 0.25) is 0 Å². The maximum Gasteiger partial charge on any atom is 0.195 e. The van der Waals surface area contributed by atoms with Crippen molar-refractivity contribution in [3.63, 3.8) is 0 Å². The molecule has 0 atom stereocenters. The standard InChI is InChI=1S/C14H23N3Si/c1-14(2,3)18(5,6)17(4)13-15-11-9-7-8-10-12(11)16-13/h7-10H,1-6H3,(H,15,16). The number of aromatic amines is 1. The van der Waals surface area contributed by atoms with Crippen molar-refractivity contribution in [1.29, 1.82) is 0 Å². The molecule has 4 heteroatoms. The van der Waals surface area contributed by atoms with Gasteiger partial charge < -0.3 is 9.55 Å². The Morgan fingerprint density at radius 1 is 1.17 bits per heavy atom. The Bertz CT molecular complexity index is 518. The SMILES string of the molecule is CN(c1nc2ccccc2[nH]1)[Si](C)(C)C(C)(C)C. The summed E-state index contributed by atoms with van der Waals surface area (Å²) in [7, 11) is 0.589. The van der Waals surface area contributed by atoms with Crippen LogP contribution in [0.15, 0.2) is 24.3 Å². The molecule has 1 aromatic heterocycles. The van der Waals surface area contributed by atoms with Gasteiger partial charge in [0.1, 0.15) is 0 Å². The summed E-state index contributed by atoms with van der Waals surface area (Å²) >= 11 is 0. The van der Waals surface area contributed by atoms with Crippen LogP contribution in [0.25, 0.3) is 11.0 Å². The van der Waals surface area contributed by atoms with Gasteiger partial charge in [-0.1, -0.05) is 46.0 Å². The first-order chi connectivity index (χ1) is 8.23. The number of imidazole rings is 1. The summed E-state index contributed by atoms with van der Waals surface area (Å²) in [6.07, 6.45) is 0. The minimum atomic E-state index is -1.57. The van der Waals surface area contributed by atoms with Gasteiger partial charge in [0.25, 0.3) is 0 Å². The predicted molar refractivity (Wildman–Crippen MR) is 81.7 cm³/mol. The monoisotopic (exact) mass is 261 g/mol. The van der Waals surface area contributed by atoms with Crippen LogP contribution in [0, 0.1) is 0 Å². The summed E-state index contributed by atoms with van der Waals surface area (Å²) in [5.41, 5.74) is 2.15. The van der Waals surface area contributed by atoms with Crippen LogP contribution in [0.5, 0.6) is 0 Å². The van der Waals surface area contributed by atoms with E-state index in [9.17, 15) is 0 Å². The Labute approximate surface area is 110 Å². The number of fused-ring (bicyclic) bond motifs is 1. The Balaban J connectivity index is 2.42. The zero-order valence-electron chi connectivity index (χ0n) is 12.2. The number of nitrogens with zero attached hydrogens (tertiary/aromatic N) is 2. The van der Waals surface area contributed by atoms with Crippen molar-refractivity contribution in [2.24, 2.45) is 0 Å². The number of benzene rings is 1. The molecule has 0 amide bonds. The molecule has 98 valence electrons. The molecular formula is C14H23N3Si. The van der Waals surface area contributed by atoms with E-state index >= 15 is 0 Å². The molecule has 1 heterocycles. The molecule has 0 saturated carbocycles. The van der Waals surface area contributed by atoms with Crippen LogP contribution in [0.4, 0.5) is 5.95 Å². The van der Waals surface area contributed by atoms with Crippen LogP contribution < -0.4 is 4.57 Å². The smallest absolute Gasteiger partial charge is 0.195 e. The molecule has 0 spiro atoms. The van der Waals surface area contributed by atoms with E-state index in [1.54, 1.807) is 0 Å². The van der Waals surface area contributed by atoms with Crippen molar-refractivity contribution in [2.45, 2.75) is 38.9 Å². The van der Waals surface area contributed by atoms with E-state index in [2.05, 4.69) is 62.6 Å². The number of hydrogen-bond donors (Lipinski definition) is 1. The summed E-state index contributed by atoms with van der Waals surface area (Å²) in [4.78, 5) is 8.12. The summed E-state index contributed by atoms with van der Waals surface area (Å²) in [6.45, 7) is 11.7. The Kier molecular flexibility index (Phi) is 3.01. The quantitative estimate of drug-likeness (QED) is 0.829. The van der Waals surface area contributed by atoms with Gasteiger partial charge in [-0.15, -0.1) is 0 Å². The van der Waals surface area contributed by atoms with Gasteiger partial charge in [-0.25, -0.2) is 4.98 Å². The zero-order chi connectivity index (χ0) is 13.6. The van der Waals surface area contributed by atoms with E-state index in [4.69, 9.17) is 4.98 Å². The molecule has 0 aliphatic carbocycles. The highest BCUT2D eigenvalue weighted by Gasteiger charge is 2.40. The normalized spacial score (nSPS) is 13.0. The van der Waals surface area contributed by atoms with Crippen molar-refractivity contribution in [1.82, 2.24) is 9.97 Å². The zero-order valence-corrected chi connectivity index (χ0v) is 13.2. The Hall–Kier alpha value is -1.29. The molecule has 0 fully saturated rings. The lowest BCUT2D eigenvalue weighted by Gasteiger charge is -2.43. The van der Waals surface area contributed by atoms with E-state index in [-0.39, 0.29) is 0 Å². The average Bonchev–Trinajstić information content (AvgIpc) is 2.69. The first kappa shape index (κ1) is 13.1. The van der Waals surface area contributed by atoms with Crippen LogP contribution in [-0.4, -0.2) is 25.3 Å². The minimum Gasteiger partial charge on any atom is -0.372 e. The summed E-state index contributed by atoms with van der Waals surface area (Å²) in [6, 6.07) is 8.19. The third-order valence-electron chi connectivity index (χ3n) is 4.37. The largest absolute Gasteiger partial charge is 0.372 e. The second-order valence-corrected chi connectivity index (χ2v) is 11.7. The van der Waals surface area contributed by atoms with Crippen LogP contribution in [-0.2, 0) is 0 Å². The van der Waals surface area contributed by atoms with Gasteiger partial charge in [0.15, 0.2) is 14.2 Å². The lowest BCUT2D eigenvalue weighted by molar-refractivity contribution is 0.710. The molecule has 2 aromatic rings. The number of H-pyrrole nitrogens is 1. The number of anilines is 1. The van der Waals surface area contributed by atoms with Crippen molar-refractivity contribution >= 4 is 25.2 Å². The third-order valence-corrected chi connectivity index (χ3v) is 9.93. The van der Waals surface area contributed by atoms with Crippen LogP contribution in [0.2, 0.25) is 18.1 Å². The van der Waals surface area contributed by atoms with E-state index < -0.39 is 8.24 Å². The predicted octanol–water partition coefficient (Wildman–Crippen LogP) is 4.00. The molecule has 0 saturated heterocycles. The van der Waals surface area contributed by atoms with Crippen LogP contribution in [0.1, 0.15) is 20.8 Å². The molecule has 3 nitrogen and oxygen atoms in total. The Morgan fingerprint density at radius 2 is 1.78 bits per heavy atom. The maximum atomic E-state index is 4.70. The molecule has 1 aromatic carbocycles. The number of hydrogen-bond acceptors (Lipinski definition) is 2. The number of para-hydroxylation sites is 2. The third kappa shape index (κ3) is 2.05. The second-order valence-electron chi connectivity index (χ2n) is 6.45. The number of rotatable bonds is 2. The number of aromatic nitrogens is 2. The van der Waals surface area contributed by atoms with Gasteiger partial charge in [-0.05, 0) is 17.2 Å². The lowest BCUT2D eigenvalue weighted by Crippen LogP contribution is -2.53. The fraction of sp³-hybridized carbons (Fsp3) is 0.500. The average molecular weight is 261 g/mol. The minimum absolute atomic E-state index is 0.306. The molecule has 0 unspecified atom stereocenters. The summed E-state index contributed by atoms with van der Waals surface area (Å²) in [5, 5.41) is 0.306. The molecule has 2 rings (SSSR count). The molecule has 0 radical (unpaired) electrons. The highest BCUT2D eigenvalue weighted by Crippen LogP contribution is 2.39. The summed E-state index contributed by atoms with van der Waals surface area (Å²) in [5.74, 6) is 0.989. The molecule has 0 bridgehead atoms. The van der Waals surface area contributed by atoms with Crippen molar-refractivity contribution in [2.75, 3.05) is 11.6 Å². The van der Waals surface area contributed by atoms with E-state index in [0.717, 1.165) is 17.0 Å². The fourth-order valence-corrected chi connectivity index (χ4v) is 3.51. The molecular weight excluding hydrogens is 238 g/mol. The van der Waals surface area contributed by atoms with E-state index in [1.807, 2.05) is 12.1 Å². The van der Waals surface area contributed by atoms with E-state index in [1.165, 1.54) is 0 Å².